The Hall–Kier alpha value is -0.0800. The van der Waals surface area contributed by atoms with E-state index in [-0.39, 0.29) is 0 Å². The molecule has 1 aliphatic carbocycles. The Kier molecular flexibility index (Phi) is 5.94. The van der Waals surface area contributed by atoms with Gasteiger partial charge in [-0.05, 0) is 50.6 Å². The molecule has 1 saturated carbocycles. The van der Waals surface area contributed by atoms with E-state index in [2.05, 4.69) is 39.6 Å². The molecule has 0 heterocycles. The lowest BCUT2D eigenvalue weighted by Gasteiger charge is -2.39. The third-order valence-corrected chi connectivity index (χ3v) is 4.65. The average molecular weight is 240 g/mol. The van der Waals surface area contributed by atoms with Gasteiger partial charge in [-0.2, -0.15) is 0 Å². The van der Waals surface area contributed by atoms with Crippen molar-refractivity contribution in [3.8, 4) is 0 Å². The molecule has 4 unspecified atom stereocenters. The van der Waals surface area contributed by atoms with Gasteiger partial charge >= 0.3 is 0 Å². The van der Waals surface area contributed by atoms with E-state index in [1.165, 1.54) is 19.3 Å². The highest BCUT2D eigenvalue weighted by Crippen LogP contribution is 2.31. The Bertz CT molecular complexity index is 215. The van der Waals surface area contributed by atoms with E-state index >= 15 is 0 Å². The zero-order chi connectivity index (χ0) is 13.0. The standard InChI is InChI=1S/C15H32N2/c1-11(2)14(16)8-9-17(5)15-10-12(3)6-7-13(15)4/h11-15H,6-10,16H2,1-5H3. The molecule has 2 nitrogen and oxygen atoms in total. The minimum absolute atomic E-state index is 0.355. The highest BCUT2D eigenvalue weighted by molar-refractivity contribution is 4.83. The van der Waals surface area contributed by atoms with Crippen LogP contribution in [0.1, 0.15) is 53.4 Å². The van der Waals surface area contributed by atoms with E-state index in [1.807, 2.05) is 0 Å². The third kappa shape index (κ3) is 4.59. The molecule has 17 heavy (non-hydrogen) atoms. The van der Waals surface area contributed by atoms with Gasteiger partial charge in [0.15, 0.2) is 0 Å². The van der Waals surface area contributed by atoms with Crippen LogP contribution in [0.4, 0.5) is 0 Å². The zero-order valence-electron chi connectivity index (χ0n) is 12.4. The Morgan fingerprint density at radius 1 is 1.24 bits per heavy atom. The number of nitrogens with two attached hydrogens (primary N) is 1. The molecule has 2 heteroatoms. The molecular weight excluding hydrogens is 208 g/mol. The minimum Gasteiger partial charge on any atom is -0.327 e. The van der Waals surface area contributed by atoms with Crippen LogP contribution < -0.4 is 5.73 Å². The maximum Gasteiger partial charge on any atom is 0.0120 e. The SMILES string of the molecule is CC1CCC(C)C(N(C)CCC(N)C(C)C)C1. The van der Waals surface area contributed by atoms with Crippen LogP contribution in [0, 0.1) is 17.8 Å². The van der Waals surface area contributed by atoms with Gasteiger partial charge in [0, 0.05) is 12.1 Å². The van der Waals surface area contributed by atoms with Gasteiger partial charge in [-0.1, -0.05) is 34.1 Å². The van der Waals surface area contributed by atoms with Crippen LogP contribution in [0.5, 0.6) is 0 Å². The van der Waals surface area contributed by atoms with Crippen molar-refractivity contribution in [3.63, 3.8) is 0 Å². The molecule has 0 amide bonds. The summed E-state index contributed by atoms with van der Waals surface area (Å²) in [6.45, 7) is 10.4. The first-order valence-corrected chi connectivity index (χ1v) is 7.37. The lowest BCUT2D eigenvalue weighted by Crippen LogP contribution is -2.43. The van der Waals surface area contributed by atoms with Crippen molar-refractivity contribution < 1.29 is 0 Å². The fourth-order valence-electron chi connectivity index (χ4n) is 2.97. The highest BCUT2D eigenvalue weighted by atomic mass is 15.1. The van der Waals surface area contributed by atoms with E-state index in [0.717, 1.165) is 30.8 Å². The van der Waals surface area contributed by atoms with E-state index in [9.17, 15) is 0 Å². The second-order valence-electron chi connectivity index (χ2n) is 6.64. The molecule has 0 aromatic heterocycles. The van der Waals surface area contributed by atoms with Crippen LogP contribution in [0.3, 0.4) is 0 Å². The van der Waals surface area contributed by atoms with Crippen molar-refractivity contribution in [2.24, 2.45) is 23.5 Å². The number of rotatable bonds is 5. The molecule has 1 fully saturated rings. The largest absolute Gasteiger partial charge is 0.327 e. The Balaban J connectivity index is 2.37. The topological polar surface area (TPSA) is 29.3 Å². The van der Waals surface area contributed by atoms with Crippen LogP contribution in [0.15, 0.2) is 0 Å². The van der Waals surface area contributed by atoms with Crippen molar-refractivity contribution in [3.05, 3.63) is 0 Å². The van der Waals surface area contributed by atoms with Crippen LogP contribution in [-0.2, 0) is 0 Å². The molecule has 1 aliphatic rings. The van der Waals surface area contributed by atoms with E-state index in [4.69, 9.17) is 5.73 Å². The van der Waals surface area contributed by atoms with Gasteiger partial charge in [0.2, 0.25) is 0 Å². The normalized spacial score (nSPS) is 32.1. The van der Waals surface area contributed by atoms with Gasteiger partial charge in [-0.25, -0.2) is 0 Å². The third-order valence-electron chi connectivity index (χ3n) is 4.65. The van der Waals surface area contributed by atoms with Gasteiger partial charge in [-0.15, -0.1) is 0 Å². The lowest BCUT2D eigenvalue weighted by atomic mass is 9.79. The van der Waals surface area contributed by atoms with Crippen molar-refractivity contribution >= 4 is 0 Å². The molecule has 0 aromatic carbocycles. The second kappa shape index (κ2) is 6.75. The van der Waals surface area contributed by atoms with Crippen molar-refractivity contribution in [2.75, 3.05) is 13.6 Å². The van der Waals surface area contributed by atoms with Gasteiger partial charge in [0.05, 0.1) is 0 Å². The van der Waals surface area contributed by atoms with Crippen LogP contribution in [0.2, 0.25) is 0 Å². The van der Waals surface area contributed by atoms with Gasteiger partial charge < -0.3 is 10.6 Å². The first-order valence-electron chi connectivity index (χ1n) is 7.37. The average Bonchev–Trinajstić information content (AvgIpc) is 2.28. The summed E-state index contributed by atoms with van der Waals surface area (Å²) in [5.74, 6) is 2.36. The monoisotopic (exact) mass is 240 g/mol. The van der Waals surface area contributed by atoms with Crippen molar-refractivity contribution in [1.29, 1.82) is 0 Å². The molecule has 0 saturated heterocycles. The summed E-state index contributed by atoms with van der Waals surface area (Å²) in [7, 11) is 2.28. The lowest BCUT2D eigenvalue weighted by molar-refractivity contribution is 0.110. The van der Waals surface area contributed by atoms with Gasteiger partial charge in [0.25, 0.3) is 0 Å². The summed E-state index contributed by atoms with van der Waals surface area (Å²) < 4.78 is 0. The molecule has 0 aromatic rings. The first-order chi connectivity index (χ1) is 7.91. The predicted octanol–water partition coefficient (Wildman–Crippen LogP) is 3.12. The van der Waals surface area contributed by atoms with Crippen molar-refractivity contribution in [1.82, 2.24) is 4.90 Å². The summed E-state index contributed by atoms with van der Waals surface area (Å²) in [4.78, 5) is 2.56. The minimum atomic E-state index is 0.355. The smallest absolute Gasteiger partial charge is 0.0120 e. The number of hydrogen-bond donors (Lipinski definition) is 1. The molecule has 102 valence electrons. The number of nitrogens with zero attached hydrogens (tertiary/aromatic N) is 1. The van der Waals surface area contributed by atoms with Crippen LogP contribution >= 0.6 is 0 Å². The second-order valence-corrected chi connectivity index (χ2v) is 6.64. The molecular formula is C15H32N2. The summed E-state index contributed by atoms with van der Waals surface area (Å²) >= 11 is 0. The summed E-state index contributed by atoms with van der Waals surface area (Å²) in [6, 6.07) is 1.13. The maximum atomic E-state index is 6.13. The zero-order valence-corrected chi connectivity index (χ0v) is 12.4. The van der Waals surface area contributed by atoms with Gasteiger partial charge in [-0.3, -0.25) is 0 Å². The molecule has 0 bridgehead atoms. The molecule has 0 radical (unpaired) electrons. The summed E-state index contributed by atoms with van der Waals surface area (Å²) in [6.07, 6.45) is 5.31. The molecule has 2 N–H and O–H groups in total. The van der Waals surface area contributed by atoms with E-state index in [0.29, 0.717) is 12.0 Å². The Morgan fingerprint density at radius 3 is 2.47 bits per heavy atom. The first kappa shape index (κ1) is 15.0. The Labute approximate surface area is 108 Å². The molecule has 4 atom stereocenters. The Morgan fingerprint density at radius 2 is 1.88 bits per heavy atom. The number of hydrogen-bond acceptors (Lipinski definition) is 2. The molecule has 0 aliphatic heterocycles. The fraction of sp³-hybridized carbons (Fsp3) is 1.00. The van der Waals surface area contributed by atoms with Crippen molar-refractivity contribution in [2.45, 2.75) is 65.5 Å². The highest BCUT2D eigenvalue weighted by Gasteiger charge is 2.28. The molecule has 0 spiro atoms. The van der Waals surface area contributed by atoms with Gasteiger partial charge in [0.1, 0.15) is 0 Å². The van der Waals surface area contributed by atoms with E-state index in [1.54, 1.807) is 0 Å². The fourth-order valence-corrected chi connectivity index (χ4v) is 2.97. The maximum absolute atomic E-state index is 6.13. The van der Waals surface area contributed by atoms with Crippen LogP contribution in [-0.4, -0.2) is 30.6 Å². The van der Waals surface area contributed by atoms with Crippen LogP contribution in [0.25, 0.3) is 0 Å². The predicted molar refractivity (Wildman–Crippen MR) is 76.0 cm³/mol. The molecule has 1 rings (SSSR count). The van der Waals surface area contributed by atoms with E-state index < -0.39 is 0 Å². The summed E-state index contributed by atoms with van der Waals surface area (Å²) in [5.41, 5.74) is 6.13. The summed E-state index contributed by atoms with van der Waals surface area (Å²) in [5, 5.41) is 0. The quantitative estimate of drug-likeness (QED) is 0.800.